The average Bonchev–Trinajstić information content (AvgIpc) is 2.71. The lowest BCUT2D eigenvalue weighted by atomic mass is 9.98. The van der Waals surface area contributed by atoms with Crippen LogP contribution in [0.5, 0.6) is 0 Å². The SMILES string of the molecule is CCNC(=O)c1ccc(CN=C(NCC)NCC(C)(C)N2CCCCC2)cc1. The quantitative estimate of drug-likeness (QED) is 0.474. The molecule has 28 heavy (non-hydrogen) atoms. The van der Waals surface area contributed by atoms with Gasteiger partial charge in [0, 0.05) is 30.7 Å². The second-order valence-electron chi connectivity index (χ2n) is 7.97. The van der Waals surface area contributed by atoms with Gasteiger partial charge in [-0.3, -0.25) is 9.69 Å². The van der Waals surface area contributed by atoms with E-state index in [0.29, 0.717) is 18.7 Å². The first-order valence-corrected chi connectivity index (χ1v) is 10.6. The molecule has 2 rings (SSSR count). The molecule has 0 aromatic heterocycles. The predicted octanol–water partition coefficient (Wildman–Crippen LogP) is 2.76. The Bertz CT molecular complexity index is 633. The number of piperidine rings is 1. The topological polar surface area (TPSA) is 68.8 Å². The molecule has 1 saturated heterocycles. The second kappa shape index (κ2) is 11.1. The number of amides is 1. The molecule has 1 aliphatic rings. The van der Waals surface area contributed by atoms with E-state index in [9.17, 15) is 4.79 Å². The van der Waals surface area contributed by atoms with Gasteiger partial charge in [0.15, 0.2) is 5.96 Å². The number of rotatable bonds is 8. The lowest BCUT2D eigenvalue weighted by molar-refractivity contribution is 0.0955. The molecule has 1 amide bonds. The number of likely N-dealkylation sites (tertiary alicyclic amines) is 1. The molecule has 0 atom stereocenters. The standard InChI is InChI=1S/C22H37N5O/c1-5-23-20(28)19-12-10-18(11-13-19)16-25-21(24-6-2)26-17-22(3,4)27-14-8-7-9-15-27/h10-13H,5-9,14-17H2,1-4H3,(H,23,28)(H2,24,25,26). The first kappa shape index (κ1) is 22.2. The smallest absolute Gasteiger partial charge is 0.251 e. The molecule has 3 N–H and O–H groups in total. The Balaban J connectivity index is 1.93. The lowest BCUT2D eigenvalue weighted by Crippen LogP contribution is -2.54. The summed E-state index contributed by atoms with van der Waals surface area (Å²) in [6.07, 6.45) is 3.94. The largest absolute Gasteiger partial charge is 0.357 e. The third kappa shape index (κ3) is 6.82. The average molecular weight is 388 g/mol. The molecule has 0 bridgehead atoms. The van der Waals surface area contributed by atoms with E-state index in [1.165, 1.54) is 32.4 Å². The van der Waals surface area contributed by atoms with Crippen molar-refractivity contribution in [2.45, 2.75) is 59.0 Å². The summed E-state index contributed by atoms with van der Waals surface area (Å²) in [5.41, 5.74) is 1.87. The summed E-state index contributed by atoms with van der Waals surface area (Å²) in [6, 6.07) is 7.65. The zero-order chi connectivity index (χ0) is 20.4. The van der Waals surface area contributed by atoms with Gasteiger partial charge in [-0.25, -0.2) is 4.99 Å². The maximum Gasteiger partial charge on any atom is 0.251 e. The molecule has 1 aliphatic heterocycles. The number of carbonyl (C=O) groups is 1. The van der Waals surface area contributed by atoms with E-state index in [1.807, 2.05) is 31.2 Å². The van der Waals surface area contributed by atoms with Crippen LogP contribution >= 0.6 is 0 Å². The number of hydrogen-bond acceptors (Lipinski definition) is 3. The van der Waals surface area contributed by atoms with E-state index in [-0.39, 0.29) is 11.4 Å². The van der Waals surface area contributed by atoms with Crippen molar-refractivity contribution in [1.82, 2.24) is 20.9 Å². The molecule has 0 spiro atoms. The fraction of sp³-hybridized carbons (Fsp3) is 0.636. The van der Waals surface area contributed by atoms with E-state index in [2.05, 4.69) is 41.6 Å². The summed E-state index contributed by atoms with van der Waals surface area (Å²) in [5.74, 6) is 0.799. The Morgan fingerprint density at radius 3 is 2.25 bits per heavy atom. The Kier molecular flexibility index (Phi) is 8.77. The van der Waals surface area contributed by atoms with E-state index >= 15 is 0 Å². The van der Waals surface area contributed by atoms with Gasteiger partial charge in [0.05, 0.1) is 6.54 Å². The zero-order valence-corrected chi connectivity index (χ0v) is 18.0. The summed E-state index contributed by atoms with van der Waals surface area (Å²) in [7, 11) is 0. The van der Waals surface area contributed by atoms with Gasteiger partial charge in [-0.15, -0.1) is 0 Å². The van der Waals surface area contributed by atoms with Crippen molar-refractivity contribution in [2.75, 3.05) is 32.7 Å². The predicted molar refractivity (Wildman–Crippen MR) is 117 cm³/mol. The number of hydrogen-bond donors (Lipinski definition) is 3. The van der Waals surface area contributed by atoms with Crippen molar-refractivity contribution in [3.8, 4) is 0 Å². The zero-order valence-electron chi connectivity index (χ0n) is 18.0. The number of nitrogens with one attached hydrogen (secondary N) is 3. The molecule has 0 saturated carbocycles. The number of nitrogens with zero attached hydrogens (tertiary/aromatic N) is 2. The van der Waals surface area contributed by atoms with Gasteiger partial charge in [-0.05, 0) is 71.3 Å². The van der Waals surface area contributed by atoms with Crippen LogP contribution in [0.2, 0.25) is 0 Å². The van der Waals surface area contributed by atoms with Crippen LogP contribution in [0, 0.1) is 0 Å². The highest BCUT2D eigenvalue weighted by molar-refractivity contribution is 5.94. The molecule has 6 heteroatoms. The van der Waals surface area contributed by atoms with Crippen LogP contribution in [0.1, 0.15) is 62.9 Å². The van der Waals surface area contributed by atoms with Crippen molar-refractivity contribution >= 4 is 11.9 Å². The van der Waals surface area contributed by atoms with Gasteiger partial charge in [0.1, 0.15) is 0 Å². The number of carbonyl (C=O) groups excluding carboxylic acids is 1. The molecule has 1 heterocycles. The van der Waals surface area contributed by atoms with Gasteiger partial charge in [-0.2, -0.15) is 0 Å². The van der Waals surface area contributed by atoms with E-state index in [4.69, 9.17) is 4.99 Å². The fourth-order valence-corrected chi connectivity index (χ4v) is 3.45. The highest BCUT2D eigenvalue weighted by atomic mass is 16.1. The van der Waals surface area contributed by atoms with Crippen molar-refractivity contribution in [1.29, 1.82) is 0 Å². The number of benzene rings is 1. The van der Waals surface area contributed by atoms with Gasteiger partial charge < -0.3 is 16.0 Å². The summed E-state index contributed by atoms with van der Waals surface area (Å²) >= 11 is 0. The van der Waals surface area contributed by atoms with E-state index < -0.39 is 0 Å². The molecule has 0 aliphatic carbocycles. The van der Waals surface area contributed by atoms with Crippen molar-refractivity contribution < 1.29 is 4.79 Å². The van der Waals surface area contributed by atoms with Crippen LogP contribution in [-0.4, -0.2) is 55.0 Å². The van der Waals surface area contributed by atoms with Crippen LogP contribution in [0.3, 0.4) is 0 Å². The van der Waals surface area contributed by atoms with Gasteiger partial charge in [0.25, 0.3) is 5.91 Å². The summed E-state index contributed by atoms with van der Waals surface area (Å²) < 4.78 is 0. The maximum absolute atomic E-state index is 11.9. The van der Waals surface area contributed by atoms with Crippen LogP contribution in [0.25, 0.3) is 0 Å². The van der Waals surface area contributed by atoms with Crippen molar-refractivity contribution in [3.63, 3.8) is 0 Å². The van der Waals surface area contributed by atoms with Crippen LogP contribution in [0.4, 0.5) is 0 Å². The molecule has 1 aromatic rings. The van der Waals surface area contributed by atoms with E-state index in [1.54, 1.807) is 0 Å². The molecule has 1 aromatic carbocycles. The first-order chi connectivity index (χ1) is 13.5. The summed E-state index contributed by atoms with van der Waals surface area (Å²) in [5, 5.41) is 9.65. The van der Waals surface area contributed by atoms with E-state index in [0.717, 1.165) is 24.6 Å². The lowest BCUT2D eigenvalue weighted by Gasteiger charge is -2.41. The van der Waals surface area contributed by atoms with Gasteiger partial charge >= 0.3 is 0 Å². The Hall–Kier alpha value is -2.08. The van der Waals surface area contributed by atoms with Crippen LogP contribution < -0.4 is 16.0 Å². The molecule has 6 nitrogen and oxygen atoms in total. The third-order valence-corrected chi connectivity index (χ3v) is 5.22. The Labute approximate surface area is 170 Å². The third-order valence-electron chi connectivity index (χ3n) is 5.22. The van der Waals surface area contributed by atoms with Crippen molar-refractivity contribution in [3.05, 3.63) is 35.4 Å². The number of guanidine groups is 1. The molecule has 156 valence electrons. The minimum Gasteiger partial charge on any atom is -0.357 e. The summed E-state index contributed by atoms with van der Waals surface area (Å²) in [6.45, 7) is 13.9. The first-order valence-electron chi connectivity index (χ1n) is 10.6. The molecular formula is C22H37N5O. The molecular weight excluding hydrogens is 350 g/mol. The van der Waals surface area contributed by atoms with Crippen LogP contribution in [0.15, 0.2) is 29.3 Å². The molecule has 0 unspecified atom stereocenters. The Morgan fingerprint density at radius 1 is 1.00 bits per heavy atom. The second-order valence-corrected chi connectivity index (χ2v) is 7.97. The molecule has 1 fully saturated rings. The number of aliphatic imine (C=N–C) groups is 1. The fourth-order valence-electron chi connectivity index (χ4n) is 3.45. The minimum absolute atomic E-state index is 0.0347. The Morgan fingerprint density at radius 2 is 1.64 bits per heavy atom. The normalized spacial score (nSPS) is 15.9. The van der Waals surface area contributed by atoms with Gasteiger partial charge in [0.2, 0.25) is 0 Å². The minimum atomic E-state index is -0.0347. The van der Waals surface area contributed by atoms with Crippen molar-refractivity contribution in [2.24, 2.45) is 4.99 Å². The maximum atomic E-state index is 11.9. The highest BCUT2D eigenvalue weighted by Gasteiger charge is 2.27. The molecule has 0 radical (unpaired) electrons. The van der Waals surface area contributed by atoms with Crippen LogP contribution in [-0.2, 0) is 6.54 Å². The monoisotopic (exact) mass is 387 g/mol. The van der Waals surface area contributed by atoms with Gasteiger partial charge in [-0.1, -0.05) is 18.6 Å². The summed E-state index contributed by atoms with van der Waals surface area (Å²) in [4.78, 5) is 19.1. The highest BCUT2D eigenvalue weighted by Crippen LogP contribution is 2.19.